The van der Waals surface area contributed by atoms with Gasteiger partial charge in [0.1, 0.15) is 0 Å². The molecule has 0 bridgehead atoms. The molecular formula is C63H41N5. The summed E-state index contributed by atoms with van der Waals surface area (Å²) in [4.78, 5) is 15.8. The standard InChI is InChI=1S/C63H41N5/c1-4-20-42(21-5-1)48-32-19-33-49(60(48)68-57-36-16-12-30-52(57)53-31-13-17-37-58(53)68)45-26-18-27-46(40-45)62-64-61(44-24-8-3-9-25-44)65-63(66-62)47-38-39-59(54(41-47)43-22-6-2-7-23-43)67-55-34-14-10-28-50(55)51-29-11-15-35-56(51)67/h1-41H. The predicted molar refractivity (Wildman–Crippen MR) is 281 cm³/mol. The molecule has 13 aromatic rings. The summed E-state index contributed by atoms with van der Waals surface area (Å²) in [6.07, 6.45) is 0. The third-order valence-corrected chi connectivity index (χ3v) is 13.2. The molecule has 0 saturated carbocycles. The zero-order valence-corrected chi connectivity index (χ0v) is 36.9. The molecule has 0 saturated heterocycles. The third-order valence-electron chi connectivity index (χ3n) is 13.2. The Balaban J connectivity index is 1.01. The number of hydrogen-bond donors (Lipinski definition) is 0. The quantitative estimate of drug-likeness (QED) is 0.153. The summed E-state index contributed by atoms with van der Waals surface area (Å²) in [6, 6.07) is 88.2. The summed E-state index contributed by atoms with van der Waals surface area (Å²) >= 11 is 0. The number of aromatic nitrogens is 5. The normalized spacial score (nSPS) is 11.5. The van der Waals surface area contributed by atoms with E-state index in [0.29, 0.717) is 17.5 Å². The van der Waals surface area contributed by atoms with Crippen LogP contribution in [-0.4, -0.2) is 24.1 Å². The maximum Gasteiger partial charge on any atom is 0.164 e. The zero-order chi connectivity index (χ0) is 45.0. The van der Waals surface area contributed by atoms with Crippen LogP contribution in [0.1, 0.15) is 0 Å². The Bertz CT molecular complexity index is 3910. The maximum atomic E-state index is 5.35. The molecule has 5 nitrogen and oxygen atoms in total. The van der Waals surface area contributed by atoms with Crippen molar-refractivity contribution in [2.45, 2.75) is 0 Å². The molecule has 68 heavy (non-hydrogen) atoms. The molecule has 0 atom stereocenters. The van der Waals surface area contributed by atoms with Gasteiger partial charge in [-0.1, -0.05) is 200 Å². The van der Waals surface area contributed by atoms with Crippen LogP contribution >= 0.6 is 0 Å². The molecule has 5 heteroatoms. The smallest absolute Gasteiger partial charge is 0.164 e. The Morgan fingerprint density at radius 2 is 0.603 bits per heavy atom. The molecule has 0 aliphatic rings. The van der Waals surface area contributed by atoms with Gasteiger partial charge in [-0.3, -0.25) is 0 Å². The van der Waals surface area contributed by atoms with Crippen molar-refractivity contribution < 1.29 is 0 Å². The van der Waals surface area contributed by atoms with Crippen molar-refractivity contribution in [3.8, 4) is 78.9 Å². The summed E-state index contributed by atoms with van der Waals surface area (Å²) < 4.78 is 4.83. The van der Waals surface area contributed by atoms with Gasteiger partial charge in [-0.05, 0) is 65.2 Å². The van der Waals surface area contributed by atoms with Crippen LogP contribution in [0.3, 0.4) is 0 Å². The second-order valence-electron chi connectivity index (χ2n) is 17.2. The highest BCUT2D eigenvalue weighted by atomic mass is 15.0. The number of hydrogen-bond acceptors (Lipinski definition) is 3. The van der Waals surface area contributed by atoms with Crippen molar-refractivity contribution in [3.63, 3.8) is 0 Å². The van der Waals surface area contributed by atoms with Gasteiger partial charge < -0.3 is 9.13 Å². The SMILES string of the molecule is c1ccc(-c2nc(-c3cccc(-c4cccc(-c5ccccc5)c4-n4c5ccccc5c5ccccc54)c3)nc(-c3ccc(-n4c5ccccc5c5ccccc54)c(-c4ccccc4)c3)n2)cc1. The van der Waals surface area contributed by atoms with E-state index in [1.807, 2.05) is 18.2 Å². The van der Waals surface area contributed by atoms with E-state index in [9.17, 15) is 0 Å². The van der Waals surface area contributed by atoms with Crippen molar-refractivity contribution in [2.24, 2.45) is 0 Å². The first-order valence-corrected chi connectivity index (χ1v) is 23.0. The molecule has 0 amide bonds. The average molecular weight is 868 g/mol. The summed E-state index contributed by atoms with van der Waals surface area (Å²) in [5.41, 5.74) is 16.2. The summed E-state index contributed by atoms with van der Waals surface area (Å²) in [5, 5.41) is 4.87. The molecule has 0 radical (unpaired) electrons. The summed E-state index contributed by atoms with van der Waals surface area (Å²) in [6.45, 7) is 0. The minimum Gasteiger partial charge on any atom is -0.309 e. The number of benzene rings is 10. The molecule has 3 aromatic heterocycles. The lowest BCUT2D eigenvalue weighted by atomic mass is 9.94. The second-order valence-corrected chi connectivity index (χ2v) is 17.2. The Morgan fingerprint density at radius 3 is 1.13 bits per heavy atom. The van der Waals surface area contributed by atoms with Gasteiger partial charge in [-0.25, -0.2) is 15.0 Å². The lowest BCUT2D eigenvalue weighted by molar-refractivity contribution is 1.07. The van der Waals surface area contributed by atoms with Gasteiger partial charge in [0.25, 0.3) is 0 Å². The van der Waals surface area contributed by atoms with Crippen LogP contribution in [0.4, 0.5) is 0 Å². The van der Waals surface area contributed by atoms with Crippen LogP contribution in [0.5, 0.6) is 0 Å². The van der Waals surface area contributed by atoms with Crippen LogP contribution in [0.25, 0.3) is 123 Å². The number of para-hydroxylation sites is 5. The Kier molecular flexibility index (Phi) is 9.43. The highest BCUT2D eigenvalue weighted by Gasteiger charge is 2.22. The maximum absolute atomic E-state index is 5.35. The van der Waals surface area contributed by atoms with Crippen molar-refractivity contribution >= 4 is 43.6 Å². The molecule has 0 aliphatic heterocycles. The Morgan fingerprint density at radius 1 is 0.235 bits per heavy atom. The summed E-state index contributed by atoms with van der Waals surface area (Å²) in [7, 11) is 0. The molecule has 10 aromatic carbocycles. The van der Waals surface area contributed by atoms with Crippen LogP contribution in [0, 0.1) is 0 Å². The van der Waals surface area contributed by atoms with Crippen molar-refractivity contribution in [1.29, 1.82) is 0 Å². The van der Waals surface area contributed by atoms with Crippen LogP contribution in [0.2, 0.25) is 0 Å². The second kappa shape index (κ2) is 16.4. The van der Waals surface area contributed by atoms with E-state index in [1.165, 1.54) is 21.5 Å². The Labute approximate surface area is 393 Å². The average Bonchev–Trinajstić information content (AvgIpc) is 3.94. The first-order chi connectivity index (χ1) is 33.7. The van der Waals surface area contributed by atoms with Gasteiger partial charge in [-0.2, -0.15) is 0 Å². The minimum absolute atomic E-state index is 0.598. The molecule has 3 heterocycles. The van der Waals surface area contributed by atoms with E-state index in [-0.39, 0.29) is 0 Å². The van der Waals surface area contributed by atoms with Gasteiger partial charge in [0.15, 0.2) is 17.5 Å². The van der Waals surface area contributed by atoms with Gasteiger partial charge in [-0.15, -0.1) is 0 Å². The van der Waals surface area contributed by atoms with Crippen LogP contribution < -0.4 is 0 Å². The van der Waals surface area contributed by atoms with Crippen LogP contribution in [-0.2, 0) is 0 Å². The van der Waals surface area contributed by atoms with Gasteiger partial charge in [0.2, 0.25) is 0 Å². The van der Waals surface area contributed by atoms with E-state index < -0.39 is 0 Å². The van der Waals surface area contributed by atoms with Crippen molar-refractivity contribution in [2.75, 3.05) is 0 Å². The molecule has 318 valence electrons. The fourth-order valence-corrected chi connectivity index (χ4v) is 10.1. The van der Waals surface area contributed by atoms with Crippen LogP contribution in [0.15, 0.2) is 249 Å². The van der Waals surface area contributed by atoms with Crippen molar-refractivity contribution in [1.82, 2.24) is 24.1 Å². The number of nitrogens with zero attached hydrogens (tertiary/aromatic N) is 5. The molecule has 0 fully saturated rings. The molecular weight excluding hydrogens is 827 g/mol. The highest BCUT2D eigenvalue weighted by Crippen LogP contribution is 2.43. The predicted octanol–water partition coefficient (Wildman–Crippen LogP) is 16.1. The van der Waals surface area contributed by atoms with Gasteiger partial charge in [0.05, 0.1) is 33.4 Å². The lowest BCUT2D eigenvalue weighted by Crippen LogP contribution is -2.02. The third kappa shape index (κ3) is 6.59. The molecule has 0 spiro atoms. The summed E-state index contributed by atoms with van der Waals surface area (Å²) in [5.74, 6) is 1.81. The Hall–Kier alpha value is -9.19. The first kappa shape index (κ1) is 39.2. The minimum atomic E-state index is 0.598. The first-order valence-electron chi connectivity index (χ1n) is 23.0. The number of rotatable bonds is 8. The largest absolute Gasteiger partial charge is 0.309 e. The van der Waals surface area contributed by atoms with Gasteiger partial charge >= 0.3 is 0 Å². The fraction of sp³-hybridized carbons (Fsp3) is 0. The van der Waals surface area contributed by atoms with E-state index in [0.717, 1.165) is 83.5 Å². The monoisotopic (exact) mass is 867 g/mol. The number of fused-ring (bicyclic) bond motifs is 6. The van der Waals surface area contributed by atoms with E-state index >= 15 is 0 Å². The highest BCUT2D eigenvalue weighted by molar-refractivity contribution is 6.11. The van der Waals surface area contributed by atoms with Gasteiger partial charge in [0, 0.05) is 54.9 Å². The lowest BCUT2D eigenvalue weighted by Gasteiger charge is -2.19. The molecule has 0 unspecified atom stereocenters. The van der Waals surface area contributed by atoms with Crippen molar-refractivity contribution in [3.05, 3.63) is 249 Å². The van der Waals surface area contributed by atoms with E-state index in [4.69, 9.17) is 15.0 Å². The van der Waals surface area contributed by atoms with E-state index in [1.54, 1.807) is 0 Å². The fourth-order valence-electron chi connectivity index (χ4n) is 10.1. The topological polar surface area (TPSA) is 48.5 Å². The molecule has 0 aliphatic carbocycles. The van der Waals surface area contributed by atoms with E-state index in [2.05, 4.69) is 240 Å². The zero-order valence-electron chi connectivity index (χ0n) is 36.9. The molecule has 0 N–H and O–H groups in total. The molecule has 13 rings (SSSR count).